The summed E-state index contributed by atoms with van der Waals surface area (Å²) in [5.41, 5.74) is 1.04. The number of hydrogen-bond acceptors (Lipinski definition) is 2. The van der Waals surface area contributed by atoms with Crippen molar-refractivity contribution in [3.8, 4) is 0 Å². The molecule has 0 spiro atoms. The number of nitrogens with zero attached hydrogens (tertiary/aromatic N) is 2. The van der Waals surface area contributed by atoms with E-state index >= 15 is 0 Å². The van der Waals surface area contributed by atoms with Gasteiger partial charge < -0.3 is 9.67 Å². The third kappa shape index (κ3) is 2.30. The van der Waals surface area contributed by atoms with Crippen LogP contribution in [0.15, 0.2) is 12.1 Å². The quantitative estimate of drug-likeness (QED) is 0.936. The monoisotopic (exact) mass is 280 g/mol. The van der Waals surface area contributed by atoms with Gasteiger partial charge in [-0.15, -0.1) is 0 Å². The molecule has 1 saturated carbocycles. The average molecular weight is 280 g/mol. The number of hydrogen-bond donors (Lipinski definition) is 1. The maximum atomic E-state index is 13.4. The van der Waals surface area contributed by atoms with Crippen LogP contribution < -0.4 is 0 Å². The van der Waals surface area contributed by atoms with Gasteiger partial charge in [0.1, 0.15) is 5.82 Å². The fourth-order valence-electron chi connectivity index (χ4n) is 3.15. The highest BCUT2D eigenvalue weighted by molar-refractivity contribution is 5.76. The molecule has 108 valence electrons. The van der Waals surface area contributed by atoms with Gasteiger partial charge in [0.2, 0.25) is 0 Å². The van der Waals surface area contributed by atoms with Crippen LogP contribution in [0.1, 0.15) is 43.8 Å². The van der Waals surface area contributed by atoms with Gasteiger partial charge in [0, 0.05) is 24.6 Å². The van der Waals surface area contributed by atoms with Crippen molar-refractivity contribution < 1.29 is 13.9 Å². The summed E-state index contributed by atoms with van der Waals surface area (Å²) in [5, 5.41) is 9.23. The minimum atomic E-state index is -0.874. The molecule has 0 atom stereocenters. The Kier molecular flexibility index (Phi) is 3.70. The summed E-state index contributed by atoms with van der Waals surface area (Å²) in [6.45, 7) is 0.331. The number of halogens is 2. The molecule has 5 heteroatoms. The van der Waals surface area contributed by atoms with Gasteiger partial charge in [-0.2, -0.15) is 0 Å². The lowest BCUT2D eigenvalue weighted by atomic mass is 9.88. The first kappa shape index (κ1) is 13.5. The van der Waals surface area contributed by atoms with Crippen LogP contribution in [-0.2, 0) is 6.54 Å². The third-order valence-electron chi connectivity index (χ3n) is 4.11. The van der Waals surface area contributed by atoms with Crippen molar-refractivity contribution in [1.29, 1.82) is 0 Å². The van der Waals surface area contributed by atoms with Gasteiger partial charge in [-0.1, -0.05) is 19.3 Å². The molecule has 3 nitrogen and oxygen atoms in total. The van der Waals surface area contributed by atoms with E-state index in [2.05, 4.69) is 4.98 Å². The van der Waals surface area contributed by atoms with Crippen molar-refractivity contribution in [3.05, 3.63) is 29.6 Å². The third-order valence-corrected chi connectivity index (χ3v) is 4.11. The van der Waals surface area contributed by atoms with E-state index in [-0.39, 0.29) is 6.61 Å². The zero-order valence-corrected chi connectivity index (χ0v) is 11.3. The predicted molar refractivity (Wildman–Crippen MR) is 72.6 cm³/mol. The molecule has 1 aromatic heterocycles. The molecule has 0 saturated heterocycles. The number of aliphatic hydroxyl groups is 1. The molecule has 1 aromatic carbocycles. The lowest BCUT2D eigenvalue weighted by molar-refractivity contribution is 0.273. The number of fused-ring (bicyclic) bond motifs is 1. The SMILES string of the molecule is OCCn1c(C2CCCCC2)nc2cc(F)c(F)cc21. The van der Waals surface area contributed by atoms with E-state index < -0.39 is 11.6 Å². The van der Waals surface area contributed by atoms with E-state index in [1.807, 2.05) is 4.57 Å². The molecule has 1 aliphatic carbocycles. The van der Waals surface area contributed by atoms with Crippen LogP contribution in [0, 0.1) is 11.6 Å². The average Bonchev–Trinajstić information content (AvgIpc) is 2.79. The van der Waals surface area contributed by atoms with Crippen LogP contribution in [0.25, 0.3) is 11.0 Å². The van der Waals surface area contributed by atoms with Gasteiger partial charge in [0.25, 0.3) is 0 Å². The molecule has 0 unspecified atom stereocenters. The van der Waals surface area contributed by atoms with Gasteiger partial charge in [0.15, 0.2) is 11.6 Å². The van der Waals surface area contributed by atoms with Gasteiger partial charge in [-0.25, -0.2) is 13.8 Å². The Labute approximate surface area is 116 Å². The van der Waals surface area contributed by atoms with Crippen molar-refractivity contribution in [2.45, 2.75) is 44.6 Å². The molecule has 0 radical (unpaired) electrons. The van der Waals surface area contributed by atoms with Crippen molar-refractivity contribution in [1.82, 2.24) is 9.55 Å². The fraction of sp³-hybridized carbons (Fsp3) is 0.533. The molecule has 3 rings (SSSR count). The molecule has 1 aliphatic rings. The Morgan fingerprint density at radius 1 is 1.15 bits per heavy atom. The van der Waals surface area contributed by atoms with Crippen molar-refractivity contribution in [2.75, 3.05) is 6.61 Å². The summed E-state index contributed by atoms with van der Waals surface area (Å²) in [7, 11) is 0. The zero-order chi connectivity index (χ0) is 14.1. The standard InChI is InChI=1S/C15H18F2N2O/c16-11-8-13-14(9-12(11)17)19(6-7-20)15(18-13)10-4-2-1-3-5-10/h8-10,20H,1-7H2. The normalized spacial score (nSPS) is 16.9. The second kappa shape index (κ2) is 5.48. The minimum Gasteiger partial charge on any atom is -0.395 e. The van der Waals surface area contributed by atoms with Crippen molar-refractivity contribution in [3.63, 3.8) is 0 Å². The lowest BCUT2D eigenvalue weighted by Crippen LogP contribution is -2.13. The second-order valence-electron chi connectivity index (χ2n) is 5.44. The molecular weight excluding hydrogens is 262 g/mol. The van der Waals surface area contributed by atoms with E-state index in [4.69, 9.17) is 0 Å². The Morgan fingerprint density at radius 2 is 1.85 bits per heavy atom. The summed E-state index contributed by atoms with van der Waals surface area (Å²) >= 11 is 0. The maximum absolute atomic E-state index is 13.4. The smallest absolute Gasteiger partial charge is 0.161 e. The highest BCUT2D eigenvalue weighted by Crippen LogP contribution is 2.34. The molecule has 1 fully saturated rings. The van der Waals surface area contributed by atoms with Crippen LogP contribution in [0.4, 0.5) is 8.78 Å². The highest BCUT2D eigenvalue weighted by atomic mass is 19.2. The van der Waals surface area contributed by atoms with Crippen molar-refractivity contribution >= 4 is 11.0 Å². The molecule has 0 bridgehead atoms. The number of imidazole rings is 1. The molecule has 2 aromatic rings. The van der Waals surface area contributed by atoms with Crippen LogP contribution in [-0.4, -0.2) is 21.3 Å². The summed E-state index contributed by atoms with van der Waals surface area (Å²) < 4.78 is 28.6. The first-order chi connectivity index (χ1) is 9.70. The molecule has 1 heterocycles. The number of rotatable bonds is 3. The first-order valence-corrected chi connectivity index (χ1v) is 7.16. The minimum absolute atomic E-state index is 0.0375. The summed E-state index contributed by atoms with van der Waals surface area (Å²) in [4.78, 5) is 4.50. The van der Waals surface area contributed by atoms with E-state index in [1.54, 1.807) is 0 Å². The maximum Gasteiger partial charge on any atom is 0.161 e. The second-order valence-corrected chi connectivity index (χ2v) is 5.44. The summed E-state index contributed by atoms with van der Waals surface area (Å²) in [6, 6.07) is 2.32. The molecular formula is C15H18F2N2O. The van der Waals surface area contributed by atoms with E-state index in [1.165, 1.54) is 12.5 Å². The number of benzene rings is 1. The van der Waals surface area contributed by atoms with Crippen LogP contribution in [0.3, 0.4) is 0 Å². The lowest BCUT2D eigenvalue weighted by Gasteiger charge is -2.22. The van der Waals surface area contributed by atoms with Gasteiger partial charge in [0.05, 0.1) is 17.6 Å². The summed E-state index contributed by atoms with van der Waals surface area (Å²) in [6.07, 6.45) is 5.67. The highest BCUT2D eigenvalue weighted by Gasteiger charge is 2.23. The summed E-state index contributed by atoms with van der Waals surface area (Å²) in [5.74, 6) is -0.555. The van der Waals surface area contributed by atoms with Crippen LogP contribution >= 0.6 is 0 Å². The Hall–Kier alpha value is -1.49. The van der Waals surface area contributed by atoms with E-state index in [0.29, 0.717) is 23.5 Å². The van der Waals surface area contributed by atoms with Gasteiger partial charge >= 0.3 is 0 Å². The zero-order valence-electron chi connectivity index (χ0n) is 11.3. The van der Waals surface area contributed by atoms with Crippen LogP contribution in [0.2, 0.25) is 0 Å². The fourth-order valence-corrected chi connectivity index (χ4v) is 3.15. The predicted octanol–water partition coefficient (Wildman–Crippen LogP) is 3.35. The van der Waals surface area contributed by atoms with Crippen LogP contribution in [0.5, 0.6) is 0 Å². The van der Waals surface area contributed by atoms with Gasteiger partial charge in [-0.3, -0.25) is 0 Å². The largest absolute Gasteiger partial charge is 0.395 e. The molecule has 20 heavy (non-hydrogen) atoms. The number of aromatic nitrogens is 2. The van der Waals surface area contributed by atoms with Gasteiger partial charge in [-0.05, 0) is 12.8 Å². The Morgan fingerprint density at radius 3 is 2.55 bits per heavy atom. The first-order valence-electron chi connectivity index (χ1n) is 7.16. The number of aliphatic hydroxyl groups excluding tert-OH is 1. The molecule has 0 amide bonds. The Balaban J connectivity index is 2.12. The molecule has 0 aliphatic heterocycles. The topological polar surface area (TPSA) is 38.0 Å². The Bertz CT molecular complexity index is 618. The molecule has 1 N–H and O–H groups in total. The van der Waals surface area contributed by atoms with Crippen molar-refractivity contribution in [2.24, 2.45) is 0 Å². The van der Waals surface area contributed by atoms with E-state index in [0.717, 1.165) is 37.6 Å². The van der Waals surface area contributed by atoms with E-state index in [9.17, 15) is 13.9 Å².